The lowest BCUT2D eigenvalue weighted by atomic mass is 9.93. The zero-order valence-corrected chi connectivity index (χ0v) is 18.7. The Hall–Kier alpha value is -4.21. The molecule has 2 aliphatic heterocycles. The summed E-state index contributed by atoms with van der Waals surface area (Å²) in [5.41, 5.74) is 8.73. The van der Waals surface area contributed by atoms with Crippen molar-refractivity contribution >= 4 is 40.8 Å². The van der Waals surface area contributed by atoms with E-state index < -0.39 is 17.6 Å². The first-order valence-corrected chi connectivity index (χ1v) is 11.0. The number of nitrogen functional groups attached to an aromatic ring is 1. The fraction of sp³-hybridized carbons (Fsp3) is 0.200. The smallest absolute Gasteiger partial charge is 0.368 e. The van der Waals surface area contributed by atoms with E-state index in [2.05, 4.69) is 15.3 Å². The minimum atomic E-state index is -4.53. The lowest BCUT2D eigenvalue weighted by Gasteiger charge is -2.34. The first-order chi connectivity index (χ1) is 16.7. The predicted molar refractivity (Wildman–Crippen MR) is 129 cm³/mol. The maximum Gasteiger partial charge on any atom is 0.416 e. The fourth-order valence-corrected chi connectivity index (χ4v) is 4.20. The molecule has 0 fully saturated rings. The summed E-state index contributed by atoms with van der Waals surface area (Å²) < 4.78 is 39.2. The summed E-state index contributed by atoms with van der Waals surface area (Å²) in [5, 5.41) is 2.71. The van der Waals surface area contributed by atoms with Gasteiger partial charge in [-0.1, -0.05) is 12.1 Å². The maximum absolute atomic E-state index is 13.1. The van der Waals surface area contributed by atoms with Crippen LogP contribution in [0.3, 0.4) is 0 Å². The van der Waals surface area contributed by atoms with E-state index in [1.165, 1.54) is 12.1 Å². The van der Waals surface area contributed by atoms with Crippen LogP contribution in [0.15, 0.2) is 53.7 Å². The number of aromatic nitrogens is 2. The quantitative estimate of drug-likeness (QED) is 0.564. The summed E-state index contributed by atoms with van der Waals surface area (Å²) >= 11 is 0. The molecular formula is C25H21F3N6O. The molecule has 1 amide bonds. The van der Waals surface area contributed by atoms with Gasteiger partial charge in [0.25, 0.3) is 5.91 Å². The van der Waals surface area contributed by atoms with Crippen LogP contribution < -0.4 is 16.0 Å². The third-order valence-electron chi connectivity index (χ3n) is 5.91. The summed E-state index contributed by atoms with van der Waals surface area (Å²) in [6, 6.07) is 9.69. The maximum atomic E-state index is 13.1. The number of carbonyl (C=O) groups excluding carboxylic acids is 1. The molecule has 0 unspecified atom stereocenters. The van der Waals surface area contributed by atoms with Crippen molar-refractivity contribution in [3.05, 3.63) is 76.5 Å². The second-order valence-corrected chi connectivity index (χ2v) is 8.34. The van der Waals surface area contributed by atoms with Crippen molar-refractivity contribution in [3.63, 3.8) is 0 Å². The molecule has 35 heavy (non-hydrogen) atoms. The number of nitrogens with one attached hydrogen (secondary N) is 1. The molecule has 0 atom stereocenters. The standard InChI is InChI=1S/C25H21F3N6O/c1-14-6-7-18(32-23(35)15-4-2-5-17(10-15)25(26,27)28)12-19(14)20-11-16-13-31-24(29)33-21(16)34-9-3-8-30-22(20)34/h2,4-7,10-13H,3,8-9H2,1H3,(H,32,35)(H2,29,31,33). The number of aliphatic imine (C=N–C) groups is 1. The number of fused-ring (bicyclic) bond motifs is 3. The molecule has 3 N–H and O–H groups in total. The van der Waals surface area contributed by atoms with Gasteiger partial charge in [0.2, 0.25) is 5.95 Å². The van der Waals surface area contributed by atoms with Crippen molar-refractivity contribution in [2.45, 2.75) is 19.5 Å². The van der Waals surface area contributed by atoms with Crippen LogP contribution in [0.1, 0.15) is 39.0 Å². The zero-order chi connectivity index (χ0) is 24.7. The minimum Gasteiger partial charge on any atom is -0.368 e. The van der Waals surface area contributed by atoms with Gasteiger partial charge < -0.3 is 16.0 Å². The molecule has 2 aliphatic rings. The van der Waals surface area contributed by atoms with Gasteiger partial charge in [-0.2, -0.15) is 18.2 Å². The lowest BCUT2D eigenvalue weighted by Crippen LogP contribution is -2.39. The Morgan fingerprint density at radius 2 is 2.00 bits per heavy atom. The van der Waals surface area contributed by atoms with Gasteiger partial charge in [0.1, 0.15) is 11.7 Å². The molecule has 7 nitrogen and oxygen atoms in total. The van der Waals surface area contributed by atoms with Crippen LogP contribution in [0, 0.1) is 6.92 Å². The zero-order valence-electron chi connectivity index (χ0n) is 18.7. The first kappa shape index (κ1) is 22.6. The highest BCUT2D eigenvalue weighted by molar-refractivity contribution is 6.35. The largest absolute Gasteiger partial charge is 0.416 e. The van der Waals surface area contributed by atoms with E-state index in [1.54, 1.807) is 18.3 Å². The Kier molecular flexibility index (Phi) is 5.50. The van der Waals surface area contributed by atoms with Crippen molar-refractivity contribution < 1.29 is 18.0 Å². The molecule has 0 saturated heterocycles. The third-order valence-corrected chi connectivity index (χ3v) is 5.91. The van der Waals surface area contributed by atoms with Crippen LogP contribution in [0.4, 0.5) is 30.6 Å². The van der Waals surface area contributed by atoms with Crippen molar-refractivity contribution in [3.8, 4) is 0 Å². The second kappa shape index (κ2) is 8.53. The van der Waals surface area contributed by atoms with Gasteiger partial charge in [-0.3, -0.25) is 9.79 Å². The Labute approximate surface area is 199 Å². The highest BCUT2D eigenvalue weighted by Gasteiger charge is 2.31. The Morgan fingerprint density at radius 1 is 1.17 bits per heavy atom. The van der Waals surface area contributed by atoms with Crippen LogP contribution in [-0.2, 0) is 6.18 Å². The topological polar surface area (TPSA) is 96.5 Å². The molecule has 0 spiro atoms. The van der Waals surface area contributed by atoms with E-state index in [4.69, 9.17) is 10.7 Å². The molecule has 3 aromatic rings. The van der Waals surface area contributed by atoms with Crippen molar-refractivity contribution in [1.29, 1.82) is 0 Å². The number of halogens is 3. The minimum absolute atomic E-state index is 0.0784. The molecule has 1 aromatic heterocycles. The molecule has 178 valence electrons. The molecule has 3 heterocycles. The number of aryl methyl sites for hydroxylation is 1. The Balaban J connectivity index is 1.51. The number of anilines is 3. The third kappa shape index (κ3) is 4.34. The summed E-state index contributed by atoms with van der Waals surface area (Å²) in [6.07, 6.45) is -0.0575. The normalized spacial score (nSPS) is 15.0. The van der Waals surface area contributed by atoms with E-state index in [9.17, 15) is 18.0 Å². The van der Waals surface area contributed by atoms with Crippen LogP contribution >= 0.6 is 0 Å². The summed E-state index contributed by atoms with van der Waals surface area (Å²) in [7, 11) is 0. The molecule has 0 aliphatic carbocycles. The van der Waals surface area contributed by atoms with Gasteiger partial charge in [-0.05, 0) is 60.9 Å². The van der Waals surface area contributed by atoms with Gasteiger partial charge in [-0.25, -0.2) is 4.98 Å². The highest BCUT2D eigenvalue weighted by Crippen LogP contribution is 2.36. The average molecular weight is 478 g/mol. The van der Waals surface area contributed by atoms with Crippen molar-refractivity contribution in [2.24, 2.45) is 4.99 Å². The van der Waals surface area contributed by atoms with E-state index in [-0.39, 0.29) is 11.5 Å². The molecule has 2 aromatic carbocycles. The molecule has 10 heteroatoms. The number of hydrogen-bond donors (Lipinski definition) is 2. The molecular weight excluding hydrogens is 457 g/mol. The van der Waals surface area contributed by atoms with Crippen LogP contribution in [0.2, 0.25) is 0 Å². The van der Waals surface area contributed by atoms with Crippen LogP contribution in [0.5, 0.6) is 0 Å². The number of nitrogens with zero attached hydrogens (tertiary/aromatic N) is 4. The van der Waals surface area contributed by atoms with Crippen molar-refractivity contribution in [1.82, 2.24) is 9.97 Å². The number of nitrogens with two attached hydrogens (primary N) is 1. The van der Waals surface area contributed by atoms with E-state index in [1.807, 2.05) is 24.0 Å². The molecule has 0 radical (unpaired) electrons. The fourth-order valence-electron chi connectivity index (χ4n) is 4.20. The number of carbonyl (C=O) groups is 1. The Bertz CT molecular complexity index is 1400. The number of hydrogen-bond acceptors (Lipinski definition) is 6. The van der Waals surface area contributed by atoms with Gasteiger partial charge in [0, 0.05) is 41.7 Å². The number of amidine groups is 1. The van der Waals surface area contributed by atoms with Crippen LogP contribution in [0.25, 0.3) is 11.6 Å². The molecule has 5 rings (SSSR count). The van der Waals surface area contributed by atoms with Gasteiger partial charge >= 0.3 is 6.18 Å². The molecule has 0 bridgehead atoms. The molecule has 0 saturated carbocycles. The highest BCUT2D eigenvalue weighted by atomic mass is 19.4. The number of amides is 1. The summed E-state index contributed by atoms with van der Waals surface area (Å²) in [6.45, 7) is 3.34. The Morgan fingerprint density at radius 3 is 2.80 bits per heavy atom. The van der Waals surface area contributed by atoms with Gasteiger partial charge in [0.05, 0.1) is 5.56 Å². The SMILES string of the molecule is Cc1ccc(NC(=O)c2cccc(C(F)(F)F)c2)cc1C1=Cc2cnc(N)nc2N2CCCN=C12. The van der Waals surface area contributed by atoms with Crippen molar-refractivity contribution in [2.75, 3.05) is 29.0 Å². The summed E-state index contributed by atoms with van der Waals surface area (Å²) in [5.74, 6) is 1.01. The number of benzene rings is 2. The summed E-state index contributed by atoms with van der Waals surface area (Å²) in [4.78, 5) is 28.0. The predicted octanol–water partition coefficient (Wildman–Crippen LogP) is 4.80. The average Bonchev–Trinajstić information content (AvgIpc) is 2.84. The van der Waals surface area contributed by atoms with E-state index >= 15 is 0 Å². The second-order valence-electron chi connectivity index (χ2n) is 8.34. The van der Waals surface area contributed by atoms with Gasteiger partial charge in [0.15, 0.2) is 0 Å². The van der Waals surface area contributed by atoms with Crippen LogP contribution in [-0.4, -0.2) is 34.8 Å². The van der Waals surface area contributed by atoms with Gasteiger partial charge in [-0.15, -0.1) is 0 Å². The first-order valence-electron chi connectivity index (χ1n) is 11.0. The number of alkyl halides is 3. The monoisotopic (exact) mass is 478 g/mol. The van der Waals surface area contributed by atoms with E-state index in [0.717, 1.165) is 53.2 Å². The lowest BCUT2D eigenvalue weighted by molar-refractivity contribution is -0.137. The van der Waals surface area contributed by atoms with E-state index in [0.29, 0.717) is 18.1 Å². The number of rotatable bonds is 3.